The van der Waals surface area contributed by atoms with Gasteiger partial charge >= 0.3 is 5.97 Å². The van der Waals surface area contributed by atoms with Crippen molar-refractivity contribution in [1.82, 2.24) is 9.97 Å². The van der Waals surface area contributed by atoms with Gasteiger partial charge < -0.3 is 4.74 Å². The van der Waals surface area contributed by atoms with Gasteiger partial charge in [0.2, 0.25) is 15.0 Å². The summed E-state index contributed by atoms with van der Waals surface area (Å²) in [7, 11) is -3.67. The van der Waals surface area contributed by atoms with Crippen LogP contribution in [0.25, 0.3) is 0 Å². The fourth-order valence-corrected chi connectivity index (χ4v) is 2.70. The van der Waals surface area contributed by atoms with E-state index >= 15 is 0 Å². The summed E-state index contributed by atoms with van der Waals surface area (Å²) < 4.78 is 28.5. The van der Waals surface area contributed by atoms with Crippen LogP contribution in [0.4, 0.5) is 0 Å². The lowest BCUT2D eigenvalue weighted by molar-refractivity contribution is 0.0725. The van der Waals surface area contributed by atoms with Crippen LogP contribution in [-0.2, 0) is 9.84 Å². The smallest absolute Gasteiger partial charge is 0.364 e. The molecule has 0 unspecified atom stereocenters. The van der Waals surface area contributed by atoms with Crippen molar-refractivity contribution in [2.24, 2.45) is 0 Å². The van der Waals surface area contributed by atoms with Gasteiger partial charge in [-0.15, -0.1) is 0 Å². The van der Waals surface area contributed by atoms with Crippen LogP contribution in [0.2, 0.25) is 5.02 Å². The lowest BCUT2D eigenvalue weighted by atomic mass is 10.0. The Morgan fingerprint density at radius 1 is 1.29 bits per heavy atom. The van der Waals surface area contributed by atoms with Crippen molar-refractivity contribution in [2.45, 2.75) is 31.8 Å². The van der Waals surface area contributed by atoms with Crippen molar-refractivity contribution in [2.75, 3.05) is 6.26 Å². The average Bonchev–Trinajstić information content (AvgIpc) is 2.46. The molecule has 0 saturated heterocycles. The minimum Gasteiger partial charge on any atom is -0.421 e. The minimum atomic E-state index is -3.67. The largest absolute Gasteiger partial charge is 0.421 e. The third-order valence-corrected chi connectivity index (χ3v) is 4.38. The standard InChI is InChI=1S/C16H17ClN2O4S/c1-9(2)11-6-5-10(3)7-13(11)23-15(20)14-12(17)8-18-16(19-14)24(4,21)22/h5-9H,1-4H3. The highest BCUT2D eigenvalue weighted by atomic mass is 35.5. The number of aryl methyl sites for hydroxylation is 1. The van der Waals surface area contributed by atoms with Crippen LogP contribution in [0.15, 0.2) is 29.6 Å². The Balaban J connectivity index is 2.43. The molecule has 8 heteroatoms. The molecule has 1 aromatic heterocycles. The average molecular weight is 369 g/mol. The zero-order valence-electron chi connectivity index (χ0n) is 13.7. The number of sulfone groups is 1. The molecule has 0 atom stereocenters. The summed E-state index contributed by atoms with van der Waals surface area (Å²) in [5.41, 5.74) is 1.48. The highest BCUT2D eigenvalue weighted by Gasteiger charge is 2.21. The third kappa shape index (κ3) is 4.10. The van der Waals surface area contributed by atoms with Gasteiger partial charge in [-0.2, -0.15) is 0 Å². The quantitative estimate of drug-likeness (QED) is 0.468. The second kappa shape index (κ2) is 6.86. The number of aromatic nitrogens is 2. The van der Waals surface area contributed by atoms with Crippen molar-refractivity contribution >= 4 is 27.4 Å². The van der Waals surface area contributed by atoms with Gasteiger partial charge in [0.25, 0.3) is 0 Å². The van der Waals surface area contributed by atoms with E-state index in [9.17, 15) is 13.2 Å². The van der Waals surface area contributed by atoms with Crippen LogP contribution in [0.5, 0.6) is 5.75 Å². The fraction of sp³-hybridized carbons (Fsp3) is 0.312. The Bertz CT molecular complexity index is 895. The monoisotopic (exact) mass is 368 g/mol. The first-order valence-corrected chi connectivity index (χ1v) is 9.42. The molecule has 0 radical (unpaired) electrons. The third-order valence-electron chi connectivity index (χ3n) is 3.24. The van der Waals surface area contributed by atoms with Crippen LogP contribution in [0, 0.1) is 6.92 Å². The van der Waals surface area contributed by atoms with E-state index in [2.05, 4.69) is 9.97 Å². The first kappa shape index (κ1) is 18.4. The number of benzene rings is 1. The topological polar surface area (TPSA) is 86.2 Å². The molecule has 0 aliphatic rings. The molecule has 24 heavy (non-hydrogen) atoms. The molecule has 0 spiro atoms. The Hall–Kier alpha value is -1.99. The number of hydrogen-bond acceptors (Lipinski definition) is 6. The van der Waals surface area contributed by atoms with Crippen molar-refractivity contribution in [3.63, 3.8) is 0 Å². The number of esters is 1. The van der Waals surface area contributed by atoms with Gasteiger partial charge in [0.15, 0.2) is 5.69 Å². The van der Waals surface area contributed by atoms with E-state index in [0.29, 0.717) is 5.75 Å². The first-order chi connectivity index (χ1) is 11.1. The van der Waals surface area contributed by atoms with Crippen molar-refractivity contribution in [1.29, 1.82) is 0 Å². The van der Waals surface area contributed by atoms with Crippen LogP contribution in [0.1, 0.15) is 41.4 Å². The van der Waals surface area contributed by atoms with Crippen molar-refractivity contribution < 1.29 is 17.9 Å². The van der Waals surface area contributed by atoms with Gasteiger partial charge in [-0.05, 0) is 30.0 Å². The van der Waals surface area contributed by atoms with E-state index in [4.69, 9.17) is 16.3 Å². The highest BCUT2D eigenvalue weighted by Crippen LogP contribution is 2.28. The van der Waals surface area contributed by atoms with Gasteiger partial charge in [-0.1, -0.05) is 37.6 Å². The summed E-state index contributed by atoms with van der Waals surface area (Å²) in [5.74, 6) is -0.300. The Morgan fingerprint density at radius 2 is 1.96 bits per heavy atom. The molecule has 0 aliphatic heterocycles. The molecule has 0 amide bonds. The first-order valence-electron chi connectivity index (χ1n) is 7.15. The molecule has 0 saturated carbocycles. The van der Waals surface area contributed by atoms with E-state index in [1.165, 1.54) is 0 Å². The molecule has 6 nitrogen and oxygen atoms in total. The zero-order valence-corrected chi connectivity index (χ0v) is 15.3. The summed E-state index contributed by atoms with van der Waals surface area (Å²) in [6, 6.07) is 5.54. The maximum absolute atomic E-state index is 12.4. The molecule has 0 bridgehead atoms. The lowest BCUT2D eigenvalue weighted by Gasteiger charge is -2.13. The second-order valence-electron chi connectivity index (χ2n) is 5.71. The van der Waals surface area contributed by atoms with E-state index < -0.39 is 21.0 Å². The summed E-state index contributed by atoms with van der Waals surface area (Å²) in [6.07, 6.45) is 2.02. The van der Waals surface area contributed by atoms with Crippen LogP contribution < -0.4 is 4.74 Å². The molecule has 0 fully saturated rings. The highest BCUT2D eigenvalue weighted by molar-refractivity contribution is 7.90. The zero-order chi connectivity index (χ0) is 18.1. The Labute approximate surface area is 145 Å². The van der Waals surface area contributed by atoms with Crippen molar-refractivity contribution in [3.8, 4) is 5.75 Å². The van der Waals surface area contributed by atoms with Crippen LogP contribution in [-0.4, -0.2) is 30.6 Å². The van der Waals surface area contributed by atoms with Gasteiger partial charge in [-0.3, -0.25) is 0 Å². The maximum atomic E-state index is 12.4. The normalized spacial score (nSPS) is 11.6. The summed E-state index contributed by atoms with van der Waals surface area (Å²) in [4.78, 5) is 19.8. The number of hydrogen-bond donors (Lipinski definition) is 0. The summed E-state index contributed by atoms with van der Waals surface area (Å²) in [5, 5.41) is -0.557. The number of carbonyl (C=O) groups is 1. The SMILES string of the molecule is Cc1ccc(C(C)C)c(OC(=O)c2nc(S(C)(=O)=O)ncc2Cl)c1. The van der Waals surface area contributed by atoms with E-state index in [-0.39, 0.29) is 16.6 Å². The molecule has 2 rings (SSSR count). The predicted molar refractivity (Wildman–Crippen MR) is 90.4 cm³/mol. The van der Waals surface area contributed by atoms with Crippen molar-refractivity contribution in [3.05, 3.63) is 46.2 Å². The molecule has 0 aliphatic carbocycles. The molecule has 0 N–H and O–H groups in total. The minimum absolute atomic E-state index is 0.0776. The van der Waals surface area contributed by atoms with E-state index in [0.717, 1.165) is 23.6 Å². The predicted octanol–water partition coefficient (Wildman–Crippen LogP) is 3.18. The van der Waals surface area contributed by atoms with Crippen LogP contribution >= 0.6 is 11.6 Å². The summed E-state index contributed by atoms with van der Waals surface area (Å²) in [6.45, 7) is 5.82. The molecule has 1 aromatic carbocycles. The molecular weight excluding hydrogens is 352 g/mol. The number of carbonyl (C=O) groups excluding carboxylic acids is 1. The Kier molecular flexibility index (Phi) is 5.25. The molecule has 128 valence electrons. The lowest BCUT2D eigenvalue weighted by Crippen LogP contribution is -2.16. The molecule has 2 aromatic rings. The van der Waals surface area contributed by atoms with Gasteiger partial charge in [0.1, 0.15) is 5.75 Å². The fourth-order valence-electron chi connectivity index (χ4n) is 2.03. The van der Waals surface area contributed by atoms with Gasteiger partial charge in [0, 0.05) is 6.26 Å². The number of nitrogens with zero attached hydrogens (tertiary/aromatic N) is 2. The molecule has 1 heterocycles. The van der Waals surface area contributed by atoms with Gasteiger partial charge in [0.05, 0.1) is 11.2 Å². The summed E-state index contributed by atoms with van der Waals surface area (Å²) >= 11 is 5.92. The number of rotatable bonds is 4. The van der Waals surface area contributed by atoms with Crippen LogP contribution in [0.3, 0.4) is 0 Å². The number of ether oxygens (including phenoxy) is 1. The van der Waals surface area contributed by atoms with E-state index in [1.54, 1.807) is 6.07 Å². The van der Waals surface area contributed by atoms with Gasteiger partial charge in [-0.25, -0.2) is 23.2 Å². The maximum Gasteiger partial charge on any atom is 0.364 e. The van der Waals surface area contributed by atoms with E-state index in [1.807, 2.05) is 32.9 Å². The molecular formula is C16H17ClN2O4S. The number of halogens is 1. The Morgan fingerprint density at radius 3 is 2.54 bits per heavy atom. The second-order valence-corrected chi connectivity index (χ2v) is 8.02.